The first-order valence-corrected chi connectivity index (χ1v) is 5.10. The highest BCUT2D eigenvalue weighted by Gasteiger charge is 2.04. The Bertz CT molecular complexity index is 362. The van der Waals surface area contributed by atoms with Gasteiger partial charge in [-0.15, -0.1) is 0 Å². The third-order valence-corrected chi connectivity index (χ3v) is 2.47. The van der Waals surface area contributed by atoms with Gasteiger partial charge in [-0.1, -0.05) is 24.6 Å². The predicted molar refractivity (Wildman–Crippen MR) is 64.3 cm³/mol. The second-order valence-corrected chi connectivity index (χ2v) is 3.84. The van der Waals surface area contributed by atoms with Crippen LogP contribution in [0.3, 0.4) is 0 Å². The highest BCUT2D eigenvalue weighted by molar-refractivity contribution is 5.76. The lowest BCUT2D eigenvalue weighted by molar-refractivity contribution is 1.22. The van der Waals surface area contributed by atoms with E-state index in [2.05, 4.69) is 45.9 Å². The van der Waals surface area contributed by atoms with Crippen LogP contribution in [0, 0.1) is 13.8 Å². The summed E-state index contributed by atoms with van der Waals surface area (Å²) in [5.41, 5.74) is 11.9. The molecule has 0 fully saturated rings. The van der Waals surface area contributed by atoms with Crippen molar-refractivity contribution >= 4 is 11.3 Å². The number of rotatable bonds is 2. The summed E-state index contributed by atoms with van der Waals surface area (Å²) in [7, 11) is 0. The zero-order valence-electron chi connectivity index (χ0n) is 9.52. The van der Waals surface area contributed by atoms with Gasteiger partial charge in [0.15, 0.2) is 0 Å². The second kappa shape index (κ2) is 4.32. The Morgan fingerprint density at radius 1 is 1.36 bits per heavy atom. The van der Waals surface area contributed by atoms with Crippen LogP contribution in [0.4, 0.5) is 5.69 Å². The summed E-state index contributed by atoms with van der Waals surface area (Å²) in [6.45, 7) is 8.43. The van der Waals surface area contributed by atoms with E-state index in [1.807, 2.05) is 0 Å². The molecule has 1 heteroatoms. The lowest BCUT2D eigenvalue weighted by Gasteiger charge is -2.10. The molecule has 0 heterocycles. The Hall–Kier alpha value is -1.24. The molecule has 0 spiro atoms. The van der Waals surface area contributed by atoms with Crippen LogP contribution >= 0.6 is 0 Å². The van der Waals surface area contributed by atoms with Crippen molar-refractivity contribution in [2.45, 2.75) is 34.1 Å². The van der Waals surface area contributed by atoms with Crippen molar-refractivity contribution in [2.75, 3.05) is 5.73 Å². The molecule has 76 valence electrons. The molecule has 1 rings (SSSR count). The van der Waals surface area contributed by atoms with Crippen LogP contribution in [0.15, 0.2) is 18.2 Å². The molecule has 0 saturated heterocycles. The van der Waals surface area contributed by atoms with Crippen LogP contribution in [0.2, 0.25) is 0 Å². The summed E-state index contributed by atoms with van der Waals surface area (Å²) in [6.07, 6.45) is 3.27. The van der Waals surface area contributed by atoms with Gasteiger partial charge in [-0.05, 0) is 44.4 Å². The molecular weight excluding hydrogens is 170 g/mol. The van der Waals surface area contributed by atoms with E-state index in [0.717, 1.165) is 12.1 Å². The highest BCUT2D eigenvalue weighted by Crippen LogP contribution is 2.26. The standard InChI is InChI=1S/C13H19N/c1-5-6-10(3)12-8-9(2)7-11(4)13(12)14/h6-8H,5,14H2,1-4H3/b10-6-. The fourth-order valence-corrected chi connectivity index (χ4v) is 1.72. The molecule has 0 bridgehead atoms. The zero-order valence-corrected chi connectivity index (χ0v) is 9.52. The van der Waals surface area contributed by atoms with Crippen molar-refractivity contribution in [1.82, 2.24) is 0 Å². The van der Waals surface area contributed by atoms with E-state index in [-0.39, 0.29) is 0 Å². The van der Waals surface area contributed by atoms with Gasteiger partial charge in [-0.3, -0.25) is 0 Å². The molecule has 0 radical (unpaired) electrons. The number of nitrogen functional groups attached to an aromatic ring is 1. The lowest BCUT2D eigenvalue weighted by Crippen LogP contribution is -1.96. The molecular formula is C13H19N. The molecule has 0 aliphatic carbocycles. The van der Waals surface area contributed by atoms with Crippen LogP contribution in [0.1, 0.15) is 37.0 Å². The average Bonchev–Trinajstić information content (AvgIpc) is 2.11. The summed E-state index contributed by atoms with van der Waals surface area (Å²) >= 11 is 0. The summed E-state index contributed by atoms with van der Waals surface area (Å²) < 4.78 is 0. The van der Waals surface area contributed by atoms with Crippen LogP contribution < -0.4 is 5.73 Å². The number of hydrogen-bond acceptors (Lipinski definition) is 1. The first-order chi connectivity index (χ1) is 6.56. The number of nitrogens with two attached hydrogens (primary N) is 1. The maximum atomic E-state index is 6.04. The molecule has 1 aromatic rings. The molecule has 2 N–H and O–H groups in total. The fourth-order valence-electron chi connectivity index (χ4n) is 1.72. The summed E-state index contributed by atoms with van der Waals surface area (Å²) in [4.78, 5) is 0. The quantitative estimate of drug-likeness (QED) is 0.705. The molecule has 0 saturated carbocycles. The largest absolute Gasteiger partial charge is 0.398 e. The van der Waals surface area contributed by atoms with Crippen molar-refractivity contribution in [3.05, 3.63) is 34.9 Å². The second-order valence-electron chi connectivity index (χ2n) is 3.84. The Balaban J connectivity index is 3.27. The normalized spacial score (nSPS) is 11.9. The number of hydrogen-bond donors (Lipinski definition) is 1. The van der Waals surface area contributed by atoms with Gasteiger partial charge in [0.1, 0.15) is 0 Å². The first-order valence-electron chi connectivity index (χ1n) is 5.10. The Labute approximate surface area is 86.6 Å². The lowest BCUT2D eigenvalue weighted by atomic mass is 9.98. The monoisotopic (exact) mass is 189 g/mol. The van der Waals surface area contributed by atoms with Gasteiger partial charge >= 0.3 is 0 Å². The van der Waals surface area contributed by atoms with E-state index in [1.54, 1.807) is 0 Å². The Morgan fingerprint density at radius 3 is 2.57 bits per heavy atom. The van der Waals surface area contributed by atoms with Gasteiger partial charge in [0.05, 0.1) is 0 Å². The molecule has 1 nitrogen and oxygen atoms in total. The molecule has 0 aliphatic rings. The Kier molecular flexibility index (Phi) is 3.34. The summed E-state index contributed by atoms with van der Waals surface area (Å²) in [6, 6.07) is 4.28. The van der Waals surface area contributed by atoms with Crippen LogP contribution in [0.25, 0.3) is 5.57 Å². The van der Waals surface area contributed by atoms with Crippen LogP contribution in [0.5, 0.6) is 0 Å². The van der Waals surface area contributed by atoms with E-state index >= 15 is 0 Å². The molecule has 0 unspecified atom stereocenters. The van der Waals surface area contributed by atoms with Crippen molar-refractivity contribution in [2.24, 2.45) is 0 Å². The minimum Gasteiger partial charge on any atom is -0.398 e. The molecule has 14 heavy (non-hydrogen) atoms. The van der Waals surface area contributed by atoms with Gasteiger partial charge in [0.25, 0.3) is 0 Å². The zero-order chi connectivity index (χ0) is 10.7. The summed E-state index contributed by atoms with van der Waals surface area (Å²) in [5.74, 6) is 0. The van der Waals surface area contributed by atoms with E-state index in [4.69, 9.17) is 5.73 Å². The predicted octanol–water partition coefficient (Wildman–Crippen LogP) is 3.70. The van der Waals surface area contributed by atoms with Gasteiger partial charge in [-0.25, -0.2) is 0 Å². The SMILES string of the molecule is CC/C=C(/C)c1cc(C)cc(C)c1N. The Morgan fingerprint density at radius 2 is 2.00 bits per heavy atom. The third-order valence-electron chi connectivity index (χ3n) is 2.47. The van der Waals surface area contributed by atoms with Crippen molar-refractivity contribution in [3.8, 4) is 0 Å². The first kappa shape index (κ1) is 10.8. The number of aryl methyl sites for hydroxylation is 2. The van der Waals surface area contributed by atoms with Crippen molar-refractivity contribution < 1.29 is 0 Å². The number of allylic oxidation sites excluding steroid dienone is 2. The summed E-state index contributed by atoms with van der Waals surface area (Å²) in [5, 5.41) is 0. The van der Waals surface area contributed by atoms with E-state index in [9.17, 15) is 0 Å². The van der Waals surface area contributed by atoms with Gasteiger partial charge < -0.3 is 5.73 Å². The molecule has 0 atom stereocenters. The van der Waals surface area contributed by atoms with Crippen LogP contribution in [-0.2, 0) is 0 Å². The molecule has 1 aromatic carbocycles. The van der Waals surface area contributed by atoms with Crippen LogP contribution in [-0.4, -0.2) is 0 Å². The topological polar surface area (TPSA) is 26.0 Å². The van der Waals surface area contributed by atoms with E-state index < -0.39 is 0 Å². The fraction of sp³-hybridized carbons (Fsp3) is 0.385. The number of benzene rings is 1. The highest BCUT2D eigenvalue weighted by atomic mass is 14.6. The number of anilines is 1. The minimum atomic E-state index is 0.915. The third kappa shape index (κ3) is 2.16. The molecule has 0 aromatic heterocycles. The minimum absolute atomic E-state index is 0.915. The van der Waals surface area contributed by atoms with E-state index in [1.165, 1.54) is 22.3 Å². The van der Waals surface area contributed by atoms with Gasteiger partial charge in [-0.2, -0.15) is 0 Å². The van der Waals surface area contributed by atoms with E-state index in [0.29, 0.717) is 0 Å². The average molecular weight is 189 g/mol. The van der Waals surface area contributed by atoms with Gasteiger partial charge in [0.2, 0.25) is 0 Å². The molecule has 0 aliphatic heterocycles. The van der Waals surface area contributed by atoms with Crippen molar-refractivity contribution in [1.29, 1.82) is 0 Å². The maximum absolute atomic E-state index is 6.04. The van der Waals surface area contributed by atoms with Crippen molar-refractivity contribution in [3.63, 3.8) is 0 Å². The molecule has 0 amide bonds. The van der Waals surface area contributed by atoms with Gasteiger partial charge in [0, 0.05) is 11.3 Å². The smallest absolute Gasteiger partial charge is 0.0420 e. The maximum Gasteiger partial charge on any atom is 0.0420 e.